The van der Waals surface area contributed by atoms with Gasteiger partial charge in [0.05, 0.1) is 21.1 Å². The fourth-order valence-electron chi connectivity index (χ4n) is 4.58. The normalized spacial score (nSPS) is 12.0. The summed E-state index contributed by atoms with van der Waals surface area (Å²) in [5.41, 5.74) is -0.117. The summed E-state index contributed by atoms with van der Waals surface area (Å²) in [5.74, 6) is -0.273. The van der Waals surface area contributed by atoms with Gasteiger partial charge >= 0.3 is 0 Å². The average Bonchev–Trinajstić information content (AvgIpc) is 3.01. The molecule has 1 atom stereocenters. The third-order valence-corrected chi connectivity index (χ3v) is 9.52. The Morgan fingerprint density at radius 1 is 0.889 bits per heavy atom. The van der Waals surface area contributed by atoms with Crippen LogP contribution in [0.15, 0.2) is 76.5 Å². The molecule has 3 rings (SSSR count). The minimum absolute atomic E-state index is 0.0355. The molecule has 0 aliphatic rings. The monoisotopic (exact) mass is 659 g/mol. The fraction of sp³-hybridized carbons (Fsp3) is 0.406. The molecule has 244 valence electrons. The lowest BCUT2D eigenvalue weighted by Crippen LogP contribution is -2.25. The topological polar surface area (TPSA) is 165 Å². The van der Waals surface area contributed by atoms with Gasteiger partial charge in [-0.25, -0.2) is 17.3 Å². The molecule has 3 aromatic rings. The molecule has 0 aromatic heterocycles. The van der Waals surface area contributed by atoms with Crippen molar-refractivity contribution >= 4 is 38.4 Å². The molecule has 3 aromatic carbocycles. The van der Waals surface area contributed by atoms with Gasteiger partial charge in [-0.05, 0) is 60.5 Å². The van der Waals surface area contributed by atoms with Crippen molar-refractivity contribution in [2.24, 2.45) is 0 Å². The predicted molar refractivity (Wildman–Crippen MR) is 174 cm³/mol. The van der Waals surface area contributed by atoms with E-state index in [1.54, 1.807) is 12.1 Å². The largest absolute Gasteiger partial charge is 0.508 e. The summed E-state index contributed by atoms with van der Waals surface area (Å²) < 4.78 is 46.1. The van der Waals surface area contributed by atoms with Gasteiger partial charge < -0.3 is 14.6 Å². The molecule has 0 heterocycles. The van der Waals surface area contributed by atoms with Gasteiger partial charge in [0.2, 0.25) is 27.0 Å². The number of sulfonamides is 1. The summed E-state index contributed by atoms with van der Waals surface area (Å²) in [6.07, 6.45) is 11.1. The second-order valence-electron chi connectivity index (χ2n) is 10.7. The quantitative estimate of drug-likeness (QED) is 0.0678. The molecule has 3 N–H and O–H groups in total. The maximum Gasteiger partial charge on any atom is 0.292 e. The molecule has 0 spiro atoms. The van der Waals surface area contributed by atoms with Gasteiger partial charge in [-0.15, -0.1) is 0 Å². The number of nitrogens with zero attached hydrogens (tertiary/aromatic N) is 1. The van der Waals surface area contributed by atoms with Crippen LogP contribution < -0.4 is 14.2 Å². The third kappa shape index (κ3) is 12.2. The number of nitro groups is 1. The Hall–Kier alpha value is -3.81. The molecule has 0 aliphatic heterocycles. The number of phenolic OH excluding ortho intramolecular Hbond substituents is 1. The number of amides is 1. The van der Waals surface area contributed by atoms with E-state index in [0.717, 1.165) is 37.5 Å². The number of nitrogens with one attached hydrogen (secondary N) is 2. The second kappa shape index (κ2) is 18.2. The van der Waals surface area contributed by atoms with Crippen LogP contribution in [0.3, 0.4) is 0 Å². The zero-order valence-corrected chi connectivity index (χ0v) is 27.0. The molecular weight excluding hydrogens is 618 g/mol. The SMILES string of the molecule is CCCCCCCCCCCCNS(=O)(=O)c1ccc([N+](=O)[O-])c(NC(=O)Cc2ccc(OS(=O)c3ccc(O)cc3)cc2)c1. The number of hydrogen-bond donors (Lipinski definition) is 3. The van der Waals surface area contributed by atoms with Crippen molar-refractivity contribution in [2.75, 3.05) is 11.9 Å². The molecule has 13 heteroatoms. The number of phenols is 1. The van der Waals surface area contributed by atoms with Crippen LogP contribution in [0.25, 0.3) is 0 Å². The number of carbonyl (C=O) groups excluding carboxylic acids is 1. The number of aromatic hydroxyl groups is 1. The number of benzene rings is 3. The van der Waals surface area contributed by atoms with E-state index in [4.69, 9.17) is 4.18 Å². The Kier molecular flexibility index (Phi) is 14.4. The van der Waals surface area contributed by atoms with Crippen LogP contribution in [0.5, 0.6) is 11.5 Å². The maximum atomic E-state index is 12.9. The van der Waals surface area contributed by atoms with Crippen LogP contribution in [0.1, 0.15) is 76.7 Å². The Morgan fingerprint density at radius 3 is 2.09 bits per heavy atom. The van der Waals surface area contributed by atoms with Gasteiger partial charge in [0.15, 0.2) is 0 Å². The summed E-state index contributed by atoms with van der Waals surface area (Å²) >= 11 is -1.82. The van der Waals surface area contributed by atoms with Crippen LogP contribution in [0.4, 0.5) is 11.4 Å². The Morgan fingerprint density at radius 2 is 1.49 bits per heavy atom. The number of anilines is 1. The smallest absolute Gasteiger partial charge is 0.292 e. The first-order valence-electron chi connectivity index (χ1n) is 15.1. The third-order valence-electron chi connectivity index (χ3n) is 7.06. The first-order chi connectivity index (χ1) is 21.6. The molecule has 11 nitrogen and oxygen atoms in total. The van der Waals surface area contributed by atoms with E-state index in [2.05, 4.69) is 17.0 Å². The van der Waals surface area contributed by atoms with Crippen LogP contribution in [-0.4, -0.2) is 35.1 Å². The summed E-state index contributed by atoms with van der Waals surface area (Å²) in [5, 5.41) is 23.4. The van der Waals surface area contributed by atoms with Crippen molar-refractivity contribution in [3.63, 3.8) is 0 Å². The van der Waals surface area contributed by atoms with E-state index in [1.165, 1.54) is 74.9 Å². The Balaban J connectivity index is 1.51. The van der Waals surface area contributed by atoms with Gasteiger partial charge in [0, 0.05) is 12.6 Å². The first kappa shape index (κ1) is 35.7. The summed E-state index contributed by atoms with van der Waals surface area (Å²) in [4.78, 5) is 23.9. The minimum atomic E-state index is -3.94. The lowest BCUT2D eigenvalue weighted by molar-refractivity contribution is -0.384. The fourth-order valence-corrected chi connectivity index (χ4v) is 6.42. The number of rotatable bonds is 20. The Labute approximate surface area is 267 Å². The molecule has 0 fully saturated rings. The lowest BCUT2D eigenvalue weighted by Gasteiger charge is -2.11. The maximum absolute atomic E-state index is 12.9. The van der Waals surface area contributed by atoms with E-state index in [1.807, 2.05) is 0 Å². The highest BCUT2D eigenvalue weighted by Crippen LogP contribution is 2.28. The summed E-state index contributed by atoms with van der Waals surface area (Å²) in [7, 11) is -3.94. The molecule has 0 radical (unpaired) electrons. The van der Waals surface area contributed by atoms with Gasteiger partial charge in [-0.3, -0.25) is 14.9 Å². The molecular formula is C32H41N3O8S2. The molecule has 45 heavy (non-hydrogen) atoms. The Bertz CT molecular complexity index is 1530. The van der Waals surface area contributed by atoms with Gasteiger partial charge in [-0.1, -0.05) is 76.8 Å². The van der Waals surface area contributed by atoms with Crippen molar-refractivity contribution in [2.45, 2.75) is 87.3 Å². The molecule has 0 saturated heterocycles. The van der Waals surface area contributed by atoms with Gasteiger partial charge in [0.1, 0.15) is 17.2 Å². The van der Waals surface area contributed by atoms with Crippen molar-refractivity contribution < 1.29 is 31.6 Å². The van der Waals surface area contributed by atoms with Crippen molar-refractivity contribution in [1.29, 1.82) is 0 Å². The standard InChI is InChI=1S/C32H41N3O8S2/c1-2-3-4-5-6-7-8-9-10-11-22-33-45(41,42)29-20-21-31(35(38)39)30(24-29)34-32(37)23-25-12-16-27(17-13-25)43-44(40)28-18-14-26(36)15-19-28/h12-21,24,33,36H,2-11,22-23H2,1H3,(H,34,37). The first-order valence-corrected chi connectivity index (χ1v) is 17.7. The molecule has 1 amide bonds. The molecule has 1 unspecified atom stereocenters. The summed E-state index contributed by atoms with van der Waals surface area (Å²) in [6.45, 7) is 2.45. The highest BCUT2D eigenvalue weighted by molar-refractivity contribution is 7.89. The number of carbonyl (C=O) groups is 1. The zero-order chi connectivity index (χ0) is 32.7. The molecule has 0 bridgehead atoms. The van der Waals surface area contributed by atoms with Crippen LogP contribution in [0, 0.1) is 10.1 Å². The number of hydrogen-bond acceptors (Lipinski definition) is 8. The van der Waals surface area contributed by atoms with Gasteiger partial charge in [-0.2, -0.15) is 0 Å². The zero-order valence-electron chi connectivity index (χ0n) is 25.4. The van der Waals surface area contributed by atoms with Crippen LogP contribution >= 0.6 is 0 Å². The van der Waals surface area contributed by atoms with E-state index < -0.39 is 37.6 Å². The van der Waals surface area contributed by atoms with E-state index in [0.29, 0.717) is 16.9 Å². The van der Waals surface area contributed by atoms with E-state index >= 15 is 0 Å². The highest BCUT2D eigenvalue weighted by atomic mass is 32.2. The summed E-state index contributed by atoms with van der Waals surface area (Å²) in [6, 6.07) is 15.2. The van der Waals surface area contributed by atoms with Crippen molar-refractivity contribution in [3.8, 4) is 11.5 Å². The molecule has 0 aliphatic carbocycles. The van der Waals surface area contributed by atoms with Gasteiger partial charge in [0.25, 0.3) is 5.69 Å². The predicted octanol–water partition coefficient (Wildman–Crippen LogP) is 6.78. The second-order valence-corrected chi connectivity index (χ2v) is 13.6. The van der Waals surface area contributed by atoms with E-state index in [-0.39, 0.29) is 35.0 Å². The number of nitro benzene ring substituents is 1. The minimum Gasteiger partial charge on any atom is -0.508 e. The van der Waals surface area contributed by atoms with Crippen LogP contribution in [-0.2, 0) is 32.3 Å². The van der Waals surface area contributed by atoms with E-state index in [9.17, 15) is 32.6 Å². The van der Waals surface area contributed by atoms with Crippen LogP contribution in [0.2, 0.25) is 0 Å². The molecule has 0 saturated carbocycles. The average molecular weight is 660 g/mol. The number of unbranched alkanes of at least 4 members (excludes halogenated alkanes) is 9. The highest BCUT2D eigenvalue weighted by Gasteiger charge is 2.22. The lowest BCUT2D eigenvalue weighted by atomic mass is 10.1. The van der Waals surface area contributed by atoms with Crippen molar-refractivity contribution in [1.82, 2.24) is 4.72 Å². The van der Waals surface area contributed by atoms with Crippen molar-refractivity contribution in [3.05, 3.63) is 82.4 Å².